The van der Waals surface area contributed by atoms with Gasteiger partial charge in [-0.15, -0.1) is 0 Å². The van der Waals surface area contributed by atoms with Crippen molar-refractivity contribution in [3.8, 4) is 0 Å². The largest absolute Gasteiger partial charge is 0.355 e. The van der Waals surface area contributed by atoms with Gasteiger partial charge in [-0.1, -0.05) is 0 Å². The van der Waals surface area contributed by atoms with Crippen LogP contribution in [0.1, 0.15) is 19.8 Å². The molecule has 4 N–H and O–H groups in total. The second kappa shape index (κ2) is 4.42. The lowest BCUT2D eigenvalue weighted by Crippen LogP contribution is -2.49. The molecule has 2 unspecified atom stereocenters. The molecule has 0 aliphatic carbocycles. The third kappa shape index (κ3) is 3.19. The molecule has 0 aromatic heterocycles. The van der Waals surface area contributed by atoms with Crippen molar-refractivity contribution >= 4 is 5.91 Å². The van der Waals surface area contributed by atoms with Crippen LogP contribution < -0.4 is 16.4 Å². The third-order valence-electron chi connectivity index (χ3n) is 2.13. The van der Waals surface area contributed by atoms with Crippen molar-refractivity contribution in [1.82, 2.24) is 10.6 Å². The van der Waals surface area contributed by atoms with E-state index < -0.39 is 0 Å². The van der Waals surface area contributed by atoms with E-state index in [1.807, 2.05) is 0 Å². The summed E-state index contributed by atoms with van der Waals surface area (Å²) in [6.45, 7) is 3.19. The minimum Gasteiger partial charge on any atom is -0.355 e. The van der Waals surface area contributed by atoms with Gasteiger partial charge in [0.2, 0.25) is 5.91 Å². The first kappa shape index (κ1) is 9.48. The van der Waals surface area contributed by atoms with Crippen molar-refractivity contribution in [3.05, 3.63) is 0 Å². The average molecular weight is 171 g/mol. The highest BCUT2D eigenvalue weighted by atomic mass is 16.1. The van der Waals surface area contributed by atoms with Gasteiger partial charge >= 0.3 is 0 Å². The summed E-state index contributed by atoms with van der Waals surface area (Å²) in [4.78, 5) is 10.6. The number of hydrogen-bond donors (Lipinski definition) is 3. The molecule has 4 heteroatoms. The van der Waals surface area contributed by atoms with Crippen LogP contribution in [-0.2, 0) is 4.79 Å². The average Bonchev–Trinajstić information content (AvgIpc) is 2.01. The number of piperidine rings is 1. The molecule has 1 fully saturated rings. The molecule has 0 aromatic carbocycles. The maximum Gasteiger partial charge on any atom is 0.216 e. The Hall–Kier alpha value is -0.610. The summed E-state index contributed by atoms with van der Waals surface area (Å²) in [6, 6.07) is 0.655. The number of rotatable bonds is 2. The standard InChI is InChI=1S/C8H17N3O/c1-6(12)11-5-8-4-7(9)2-3-10-8/h7-8,10H,2-5,9H2,1H3,(H,11,12). The van der Waals surface area contributed by atoms with E-state index in [0.717, 1.165) is 19.4 Å². The van der Waals surface area contributed by atoms with E-state index in [1.54, 1.807) is 0 Å². The second-order valence-electron chi connectivity index (χ2n) is 3.37. The van der Waals surface area contributed by atoms with Crippen LogP contribution in [0.2, 0.25) is 0 Å². The molecule has 1 rings (SSSR count). The van der Waals surface area contributed by atoms with Gasteiger partial charge in [0.05, 0.1) is 0 Å². The van der Waals surface area contributed by atoms with E-state index in [-0.39, 0.29) is 5.91 Å². The van der Waals surface area contributed by atoms with Crippen molar-refractivity contribution in [3.63, 3.8) is 0 Å². The zero-order chi connectivity index (χ0) is 8.97. The Morgan fingerprint density at radius 3 is 3.08 bits per heavy atom. The Bertz CT molecular complexity index is 160. The Labute approximate surface area is 72.9 Å². The van der Waals surface area contributed by atoms with Crippen LogP contribution in [0.4, 0.5) is 0 Å². The molecule has 0 spiro atoms. The zero-order valence-electron chi connectivity index (χ0n) is 7.47. The minimum absolute atomic E-state index is 0.0240. The minimum atomic E-state index is 0.0240. The van der Waals surface area contributed by atoms with Crippen molar-refractivity contribution in [2.24, 2.45) is 5.73 Å². The maximum absolute atomic E-state index is 10.6. The molecule has 0 radical (unpaired) electrons. The molecular weight excluding hydrogens is 154 g/mol. The summed E-state index contributed by atoms with van der Waals surface area (Å²) in [5.74, 6) is 0.0240. The number of carbonyl (C=O) groups excluding carboxylic acids is 1. The topological polar surface area (TPSA) is 67.2 Å². The van der Waals surface area contributed by atoms with E-state index >= 15 is 0 Å². The molecule has 0 aromatic rings. The van der Waals surface area contributed by atoms with Crippen LogP contribution in [-0.4, -0.2) is 31.1 Å². The molecule has 4 nitrogen and oxygen atoms in total. The van der Waals surface area contributed by atoms with Crippen LogP contribution in [0.5, 0.6) is 0 Å². The molecule has 1 aliphatic rings. The lowest BCUT2D eigenvalue weighted by atomic mass is 10.0. The fraction of sp³-hybridized carbons (Fsp3) is 0.875. The van der Waals surface area contributed by atoms with Gasteiger partial charge in [-0.3, -0.25) is 4.79 Å². The fourth-order valence-corrected chi connectivity index (χ4v) is 1.46. The molecule has 12 heavy (non-hydrogen) atoms. The molecule has 1 amide bonds. The summed E-state index contributed by atoms with van der Waals surface area (Å²) >= 11 is 0. The molecule has 70 valence electrons. The van der Waals surface area contributed by atoms with Crippen LogP contribution in [0.25, 0.3) is 0 Å². The normalized spacial score (nSPS) is 29.8. The van der Waals surface area contributed by atoms with Crippen molar-refractivity contribution in [2.75, 3.05) is 13.1 Å². The van der Waals surface area contributed by atoms with Gasteiger partial charge in [0.1, 0.15) is 0 Å². The van der Waals surface area contributed by atoms with E-state index in [1.165, 1.54) is 6.92 Å². The predicted molar refractivity (Wildman–Crippen MR) is 47.7 cm³/mol. The van der Waals surface area contributed by atoms with Gasteiger partial charge in [-0.2, -0.15) is 0 Å². The fourth-order valence-electron chi connectivity index (χ4n) is 1.46. The number of nitrogens with one attached hydrogen (secondary N) is 2. The van der Waals surface area contributed by atoms with E-state index in [9.17, 15) is 4.79 Å². The number of nitrogens with two attached hydrogens (primary N) is 1. The second-order valence-corrected chi connectivity index (χ2v) is 3.37. The highest BCUT2D eigenvalue weighted by molar-refractivity contribution is 5.72. The van der Waals surface area contributed by atoms with Crippen molar-refractivity contribution in [1.29, 1.82) is 0 Å². The van der Waals surface area contributed by atoms with Crippen molar-refractivity contribution < 1.29 is 4.79 Å². The summed E-state index contributed by atoms with van der Waals surface area (Å²) in [5, 5.41) is 6.09. The van der Waals surface area contributed by atoms with Crippen LogP contribution in [0.15, 0.2) is 0 Å². The Balaban J connectivity index is 2.18. The predicted octanol–water partition coefficient (Wildman–Crippen LogP) is -0.798. The quantitative estimate of drug-likeness (QED) is 0.509. The Morgan fingerprint density at radius 2 is 2.50 bits per heavy atom. The van der Waals surface area contributed by atoms with Crippen LogP contribution >= 0.6 is 0 Å². The first-order chi connectivity index (χ1) is 5.68. The van der Waals surface area contributed by atoms with E-state index in [4.69, 9.17) is 5.73 Å². The van der Waals surface area contributed by atoms with Crippen LogP contribution in [0, 0.1) is 0 Å². The smallest absolute Gasteiger partial charge is 0.216 e. The van der Waals surface area contributed by atoms with Crippen LogP contribution in [0.3, 0.4) is 0 Å². The Morgan fingerprint density at radius 1 is 1.75 bits per heavy atom. The zero-order valence-corrected chi connectivity index (χ0v) is 7.47. The third-order valence-corrected chi connectivity index (χ3v) is 2.13. The first-order valence-corrected chi connectivity index (χ1v) is 4.42. The number of amides is 1. The summed E-state index contributed by atoms with van der Waals surface area (Å²) in [7, 11) is 0. The SMILES string of the molecule is CC(=O)NCC1CC(N)CCN1. The van der Waals surface area contributed by atoms with E-state index in [0.29, 0.717) is 18.6 Å². The van der Waals surface area contributed by atoms with Crippen molar-refractivity contribution in [2.45, 2.75) is 31.8 Å². The van der Waals surface area contributed by atoms with Gasteiger partial charge in [-0.05, 0) is 19.4 Å². The van der Waals surface area contributed by atoms with Gasteiger partial charge in [0, 0.05) is 25.6 Å². The summed E-state index contributed by atoms with van der Waals surface area (Å²) in [5.41, 5.74) is 5.78. The highest BCUT2D eigenvalue weighted by Gasteiger charge is 2.17. The molecule has 1 saturated heterocycles. The van der Waals surface area contributed by atoms with Gasteiger partial charge in [0.25, 0.3) is 0 Å². The molecular formula is C8H17N3O. The molecule has 1 aliphatic heterocycles. The molecule has 0 bridgehead atoms. The molecule has 1 heterocycles. The Kier molecular flexibility index (Phi) is 3.49. The molecule has 2 atom stereocenters. The highest BCUT2D eigenvalue weighted by Crippen LogP contribution is 2.04. The van der Waals surface area contributed by atoms with Gasteiger partial charge in [0.15, 0.2) is 0 Å². The number of carbonyl (C=O) groups is 1. The summed E-state index contributed by atoms with van der Waals surface area (Å²) in [6.07, 6.45) is 2.00. The lowest BCUT2D eigenvalue weighted by molar-refractivity contribution is -0.119. The lowest BCUT2D eigenvalue weighted by Gasteiger charge is -2.27. The number of hydrogen-bond acceptors (Lipinski definition) is 3. The first-order valence-electron chi connectivity index (χ1n) is 4.42. The maximum atomic E-state index is 10.6. The van der Waals surface area contributed by atoms with E-state index in [2.05, 4.69) is 10.6 Å². The summed E-state index contributed by atoms with van der Waals surface area (Å²) < 4.78 is 0. The monoisotopic (exact) mass is 171 g/mol. The van der Waals surface area contributed by atoms with Gasteiger partial charge in [-0.25, -0.2) is 0 Å². The van der Waals surface area contributed by atoms with Gasteiger partial charge < -0.3 is 16.4 Å². The molecule has 0 saturated carbocycles.